The normalized spacial score (nSPS) is 25.4. The fraction of sp³-hybridized carbons (Fsp3) is 0.588. The molecule has 1 N–H and O–H groups in total. The van der Waals surface area contributed by atoms with Crippen LogP contribution in [0.15, 0.2) is 30.3 Å². The minimum Gasteiger partial charge on any atom is -0.369 e. The van der Waals surface area contributed by atoms with Gasteiger partial charge in [-0.25, -0.2) is 8.42 Å². The first kappa shape index (κ1) is 17.2. The maximum absolute atomic E-state index is 12.4. The van der Waals surface area contributed by atoms with Gasteiger partial charge in [0.05, 0.1) is 17.5 Å². The maximum Gasteiger partial charge on any atom is 0.237 e. The summed E-state index contributed by atoms with van der Waals surface area (Å²) >= 11 is 0. The molecule has 0 aromatic heterocycles. The summed E-state index contributed by atoms with van der Waals surface area (Å²) < 4.78 is 23.0. The van der Waals surface area contributed by atoms with E-state index < -0.39 is 9.84 Å². The van der Waals surface area contributed by atoms with Crippen LogP contribution < -0.4 is 10.2 Å². The zero-order valence-electron chi connectivity index (χ0n) is 14.0. The number of para-hydroxylation sites is 1. The number of amides is 1. The van der Waals surface area contributed by atoms with Crippen molar-refractivity contribution in [2.45, 2.75) is 25.4 Å². The molecule has 3 rings (SSSR count). The van der Waals surface area contributed by atoms with Crippen molar-refractivity contribution in [2.24, 2.45) is 0 Å². The van der Waals surface area contributed by atoms with Crippen LogP contribution in [0.1, 0.15) is 13.3 Å². The second-order valence-electron chi connectivity index (χ2n) is 6.64. The smallest absolute Gasteiger partial charge is 0.237 e. The summed E-state index contributed by atoms with van der Waals surface area (Å²) in [5.41, 5.74) is 1.21. The van der Waals surface area contributed by atoms with Crippen molar-refractivity contribution in [3.8, 4) is 0 Å². The van der Waals surface area contributed by atoms with Gasteiger partial charge >= 0.3 is 0 Å². The first-order chi connectivity index (χ1) is 11.4. The van der Waals surface area contributed by atoms with Gasteiger partial charge in [0.15, 0.2) is 9.84 Å². The van der Waals surface area contributed by atoms with Crippen LogP contribution in [0.5, 0.6) is 0 Å². The average molecular weight is 351 g/mol. The number of carbonyl (C=O) groups is 1. The van der Waals surface area contributed by atoms with Gasteiger partial charge in [-0.05, 0) is 25.5 Å². The Balaban J connectivity index is 1.50. The van der Waals surface area contributed by atoms with E-state index in [1.54, 1.807) is 0 Å². The van der Waals surface area contributed by atoms with Crippen LogP contribution in [-0.2, 0) is 14.6 Å². The van der Waals surface area contributed by atoms with Crippen LogP contribution >= 0.6 is 0 Å². The van der Waals surface area contributed by atoms with E-state index in [9.17, 15) is 13.2 Å². The molecular formula is C17H25N3O3S. The SMILES string of the molecule is C[C@@H](C(=O)N[C@H]1CCS(=O)(=O)C1)N1CCN(c2ccccc2)CC1. The van der Waals surface area contributed by atoms with E-state index in [1.807, 2.05) is 25.1 Å². The van der Waals surface area contributed by atoms with Crippen LogP contribution in [0, 0.1) is 0 Å². The molecule has 132 valence electrons. The number of hydrogen-bond acceptors (Lipinski definition) is 5. The molecule has 2 heterocycles. The Morgan fingerprint density at radius 1 is 1.17 bits per heavy atom. The lowest BCUT2D eigenvalue weighted by Crippen LogP contribution is -2.55. The quantitative estimate of drug-likeness (QED) is 0.855. The molecule has 0 saturated carbocycles. The minimum absolute atomic E-state index is 0.0646. The van der Waals surface area contributed by atoms with E-state index in [0.717, 1.165) is 26.2 Å². The molecule has 1 amide bonds. The Hall–Kier alpha value is -1.60. The number of rotatable bonds is 4. The summed E-state index contributed by atoms with van der Waals surface area (Å²) in [6, 6.07) is 9.83. The van der Waals surface area contributed by atoms with Gasteiger partial charge in [0.25, 0.3) is 0 Å². The van der Waals surface area contributed by atoms with Crippen LogP contribution in [0.2, 0.25) is 0 Å². The molecule has 1 aromatic carbocycles. The average Bonchev–Trinajstić information content (AvgIpc) is 2.93. The highest BCUT2D eigenvalue weighted by Crippen LogP contribution is 2.17. The Kier molecular flexibility index (Phi) is 5.10. The van der Waals surface area contributed by atoms with Crippen molar-refractivity contribution in [2.75, 3.05) is 42.6 Å². The molecule has 24 heavy (non-hydrogen) atoms. The molecule has 2 fully saturated rings. The van der Waals surface area contributed by atoms with Gasteiger partial charge in [-0.2, -0.15) is 0 Å². The second kappa shape index (κ2) is 7.11. The van der Waals surface area contributed by atoms with E-state index in [0.29, 0.717) is 6.42 Å². The van der Waals surface area contributed by atoms with Crippen LogP contribution in [0.25, 0.3) is 0 Å². The highest BCUT2D eigenvalue weighted by Gasteiger charge is 2.32. The van der Waals surface area contributed by atoms with Crippen LogP contribution in [0.4, 0.5) is 5.69 Å². The molecule has 0 spiro atoms. The summed E-state index contributed by atoms with van der Waals surface area (Å²) in [5.74, 6) is 0.195. The number of carbonyl (C=O) groups excluding carboxylic acids is 1. The first-order valence-electron chi connectivity index (χ1n) is 8.49. The first-order valence-corrected chi connectivity index (χ1v) is 10.3. The number of nitrogens with one attached hydrogen (secondary N) is 1. The lowest BCUT2D eigenvalue weighted by molar-refractivity contribution is -0.126. The van der Waals surface area contributed by atoms with Gasteiger partial charge in [0.2, 0.25) is 5.91 Å². The summed E-state index contributed by atoms with van der Waals surface area (Å²) in [4.78, 5) is 16.9. The van der Waals surface area contributed by atoms with Crippen LogP contribution in [0.3, 0.4) is 0 Å². The molecule has 0 bridgehead atoms. The third kappa shape index (κ3) is 4.08. The monoisotopic (exact) mass is 351 g/mol. The summed E-state index contributed by atoms with van der Waals surface area (Å²) in [6.45, 7) is 5.33. The molecular weight excluding hydrogens is 326 g/mol. The Morgan fingerprint density at radius 3 is 2.42 bits per heavy atom. The van der Waals surface area contributed by atoms with E-state index in [4.69, 9.17) is 0 Å². The number of anilines is 1. The predicted octanol–water partition coefficient (Wildman–Crippen LogP) is 0.500. The number of hydrogen-bond donors (Lipinski definition) is 1. The highest BCUT2D eigenvalue weighted by molar-refractivity contribution is 7.91. The zero-order valence-corrected chi connectivity index (χ0v) is 14.8. The van der Waals surface area contributed by atoms with Gasteiger partial charge < -0.3 is 10.2 Å². The summed E-state index contributed by atoms with van der Waals surface area (Å²) in [5, 5.41) is 2.90. The summed E-state index contributed by atoms with van der Waals surface area (Å²) in [7, 11) is -2.96. The van der Waals surface area contributed by atoms with Crippen molar-refractivity contribution in [3.05, 3.63) is 30.3 Å². The number of piperazine rings is 1. The molecule has 6 nitrogen and oxygen atoms in total. The standard InChI is InChI=1S/C17H25N3O3S/c1-14(17(21)18-15-7-12-24(22,23)13-15)19-8-10-20(11-9-19)16-5-3-2-4-6-16/h2-6,14-15H,7-13H2,1H3,(H,18,21)/t14-,15-/m0/s1. The lowest BCUT2D eigenvalue weighted by Gasteiger charge is -2.38. The predicted molar refractivity (Wildman–Crippen MR) is 94.9 cm³/mol. The van der Waals surface area contributed by atoms with E-state index >= 15 is 0 Å². The van der Waals surface area contributed by atoms with Crippen molar-refractivity contribution in [1.29, 1.82) is 0 Å². The Morgan fingerprint density at radius 2 is 1.83 bits per heavy atom. The fourth-order valence-corrected chi connectivity index (χ4v) is 5.08. The van der Waals surface area contributed by atoms with Gasteiger partial charge in [-0.3, -0.25) is 9.69 Å². The van der Waals surface area contributed by atoms with Crippen molar-refractivity contribution in [3.63, 3.8) is 0 Å². The molecule has 0 unspecified atom stereocenters. The third-order valence-electron chi connectivity index (χ3n) is 4.94. The zero-order chi connectivity index (χ0) is 17.2. The van der Waals surface area contributed by atoms with Crippen molar-refractivity contribution < 1.29 is 13.2 Å². The third-order valence-corrected chi connectivity index (χ3v) is 6.71. The second-order valence-corrected chi connectivity index (χ2v) is 8.87. The Bertz CT molecular complexity index is 670. The molecule has 2 atom stereocenters. The van der Waals surface area contributed by atoms with Crippen LogP contribution in [-0.4, -0.2) is 69.0 Å². The largest absolute Gasteiger partial charge is 0.369 e. The Labute approximate surface area is 143 Å². The molecule has 1 aromatic rings. The van der Waals surface area contributed by atoms with Gasteiger partial charge in [-0.15, -0.1) is 0 Å². The fourth-order valence-electron chi connectivity index (χ4n) is 3.40. The molecule has 7 heteroatoms. The molecule has 2 aliphatic rings. The number of nitrogens with zero attached hydrogens (tertiary/aromatic N) is 2. The van der Waals surface area contributed by atoms with Crippen molar-refractivity contribution in [1.82, 2.24) is 10.2 Å². The highest BCUT2D eigenvalue weighted by atomic mass is 32.2. The van der Waals surface area contributed by atoms with Gasteiger partial charge in [-0.1, -0.05) is 18.2 Å². The van der Waals surface area contributed by atoms with Gasteiger partial charge in [0, 0.05) is 37.9 Å². The van der Waals surface area contributed by atoms with E-state index in [-0.39, 0.29) is 29.5 Å². The van der Waals surface area contributed by atoms with Gasteiger partial charge in [0.1, 0.15) is 0 Å². The maximum atomic E-state index is 12.4. The molecule has 0 radical (unpaired) electrons. The summed E-state index contributed by atoms with van der Waals surface area (Å²) in [6.07, 6.45) is 0.530. The number of benzene rings is 1. The topological polar surface area (TPSA) is 69.7 Å². The van der Waals surface area contributed by atoms with Crippen molar-refractivity contribution >= 4 is 21.4 Å². The molecule has 0 aliphatic carbocycles. The van der Waals surface area contributed by atoms with E-state index in [2.05, 4.69) is 27.2 Å². The molecule has 2 saturated heterocycles. The minimum atomic E-state index is -2.96. The number of sulfone groups is 1. The lowest BCUT2D eigenvalue weighted by atomic mass is 10.1. The van der Waals surface area contributed by atoms with E-state index in [1.165, 1.54) is 5.69 Å². The molecule has 2 aliphatic heterocycles.